The summed E-state index contributed by atoms with van der Waals surface area (Å²) in [5, 5.41) is 7.08. The summed E-state index contributed by atoms with van der Waals surface area (Å²) in [6, 6.07) is 5.75. The lowest BCUT2D eigenvalue weighted by atomic mass is 9.85. The molecular formula is C22H29N3O2. The number of rotatable bonds is 6. The van der Waals surface area contributed by atoms with Crippen LogP contribution in [0, 0.1) is 19.8 Å². The molecule has 0 saturated carbocycles. The molecule has 2 amide bonds. The van der Waals surface area contributed by atoms with Crippen LogP contribution in [0.4, 0.5) is 5.69 Å². The van der Waals surface area contributed by atoms with Crippen LogP contribution in [0.25, 0.3) is 0 Å². The van der Waals surface area contributed by atoms with Gasteiger partial charge in [-0.2, -0.15) is 5.10 Å². The number of anilines is 1. The monoisotopic (exact) mass is 367 g/mol. The lowest BCUT2D eigenvalue weighted by molar-refractivity contribution is -0.124. The molecule has 1 atom stereocenters. The Morgan fingerprint density at radius 3 is 2.52 bits per heavy atom. The molecule has 0 aromatic heterocycles. The fraction of sp³-hybridized carbons (Fsp3) is 0.409. The zero-order chi connectivity index (χ0) is 20.0. The molecule has 0 bridgehead atoms. The van der Waals surface area contributed by atoms with Crippen molar-refractivity contribution < 1.29 is 9.59 Å². The normalized spacial score (nSPS) is 18.0. The van der Waals surface area contributed by atoms with Crippen molar-refractivity contribution in [1.29, 1.82) is 0 Å². The molecule has 0 radical (unpaired) electrons. The van der Waals surface area contributed by atoms with E-state index in [4.69, 9.17) is 0 Å². The van der Waals surface area contributed by atoms with Gasteiger partial charge in [0.25, 0.3) is 0 Å². The van der Waals surface area contributed by atoms with Crippen LogP contribution < -0.4 is 10.7 Å². The molecule has 0 heterocycles. The first-order chi connectivity index (χ1) is 12.8. The van der Waals surface area contributed by atoms with Crippen molar-refractivity contribution in [1.82, 2.24) is 5.43 Å². The number of benzene rings is 1. The van der Waals surface area contributed by atoms with Gasteiger partial charge >= 0.3 is 0 Å². The third kappa shape index (κ3) is 6.20. The lowest BCUT2D eigenvalue weighted by Crippen LogP contribution is -2.24. The van der Waals surface area contributed by atoms with Crippen molar-refractivity contribution in [3.8, 4) is 0 Å². The summed E-state index contributed by atoms with van der Waals surface area (Å²) in [6.07, 6.45) is 4.09. The van der Waals surface area contributed by atoms with E-state index in [2.05, 4.69) is 28.5 Å². The highest BCUT2D eigenvalue weighted by molar-refractivity contribution is 6.01. The first-order valence-electron chi connectivity index (χ1n) is 9.31. The predicted octanol–water partition coefficient (Wildman–Crippen LogP) is 4.43. The number of amides is 2. The van der Waals surface area contributed by atoms with Gasteiger partial charge < -0.3 is 5.32 Å². The first kappa shape index (κ1) is 20.6. The third-order valence-corrected chi connectivity index (χ3v) is 4.99. The van der Waals surface area contributed by atoms with Gasteiger partial charge in [0.15, 0.2) is 0 Å². The molecule has 1 aliphatic rings. The van der Waals surface area contributed by atoms with Gasteiger partial charge in [0.2, 0.25) is 11.8 Å². The molecule has 5 heteroatoms. The van der Waals surface area contributed by atoms with Crippen LogP contribution >= 0.6 is 0 Å². The van der Waals surface area contributed by atoms with E-state index in [1.54, 1.807) is 0 Å². The number of carbonyl (C=O) groups excluding carboxylic acids is 2. The number of hydrazone groups is 1. The van der Waals surface area contributed by atoms with Crippen LogP contribution in [-0.2, 0) is 9.59 Å². The maximum atomic E-state index is 12.0. The second-order valence-electron chi connectivity index (χ2n) is 7.31. The zero-order valence-electron chi connectivity index (χ0n) is 16.7. The molecule has 1 aliphatic carbocycles. The van der Waals surface area contributed by atoms with E-state index in [1.807, 2.05) is 45.9 Å². The number of aryl methyl sites for hydroxylation is 2. The molecule has 2 rings (SSSR count). The number of nitrogens with zero attached hydrogens (tertiary/aromatic N) is 1. The van der Waals surface area contributed by atoms with E-state index >= 15 is 0 Å². The van der Waals surface area contributed by atoms with Gasteiger partial charge in [-0.25, -0.2) is 5.43 Å². The molecule has 0 fully saturated rings. The van der Waals surface area contributed by atoms with E-state index in [9.17, 15) is 9.59 Å². The Balaban J connectivity index is 1.82. The standard InChI is InChI=1S/C22H29N3O2/c1-14(2)18-8-6-16(4)20(13-18)24-25-22(27)11-10-21(26)23-19-9-7-15(3)17(5)12-19/h6-7,9,12,18H,1,8,10-11,13H2,2-5H3,(H,23,26)(H,25,27)/t18-/m0/s1. The summed E-state index contributed by atoms with van der Waals surface area (Å²) >= 11 is 0. The number of nitrogens with one attached hydrogen (secondary N) is 2. The minimum atomic E-state index is -0.261. The maximum Gasteiger partial charge on any atom is 0.240 e. The maximum absolute atomic E-state index is 12.0. The van der Waals surface area contributed by atoms with Crippen LogP contribution in [-0.4, -0.2) is 17.5 Å². The molecule has 1 aromatic carbocycles. The predicted molar refractivity (Wildman–Crippen MR) is 111 cm³/mol. The molecule has 1 aromatic rings. The molecule has 5 nitrogen and oxygen atoms in total. The van der Waals surface area contributed by atoms with Gasteiger partial charge in [0.1, 0.15) is 0 Å². The van der Waals surface area contributed by atoms with Crippen molar-refractivity contribution in [2.75, 3.05) is 5.32 Å². The van der Waals surface area contributed by atoms with Gasteiger partial charge in [-0.3, -0.25) is 9.59 Å². The van der Waals surface area contributed by atoms with Crippen LogP contribution in [0.3, 0.4) is 0 Å². The quantitative estimate of drug-likeness (QED) is 0.577. The number of allylic oxidation sites excluding steroid dienone is 3. The van der Waals surface area contributed by atoms with Crippen LogP contribution in [0.2, 0.25) is 0 Å². The molecule has 0 saturated heterocycles. The first-order valence-corrected chi connectivity index (χ1v) is 9.31. The minimum absolute atomic E-state index is 0.0974. The van der Waals surface area contributed by atoms with Gasteiger partial charge in [-0.15, -0.1) is 0 Å². The molecule has 2 N–H and O–H groups in total. The molecule has 0 spiro atoms. The molecular weight excluding hydrogens is 338 g/mol. The molecule has 144 valence electrons. The summed E-state index contributed by atoms with van der Waals surface area (Å²) in [6.45, 7) is 12.0. The lowest BCUT2D eigenvalue weighted by Gasteiger charge is -2.22. The topological polar surface area (TPSA) is 70.6 Å². The van der Waals surface area contributed by atoms with E-state index in [0.29, 0.717) is 5.92 Å². The Bertz CT molecular complexity index is 806. The minimum Gasteiger partial charge on any atom is -0.326 e. The Hall–Kier alpha value is -2.69. The second kappa shape index (κ2) is 9.31. The average molecular weight is 367 g/mol. The van der Waals surface area contributed by atoms with Crippen LogP contribution in [0.1, 0.15) is 50.7 Å². The van der Waals surface area contributed by atoms with Crippen molar-refractivity contribution in [3.05, 3.63) is 53.1 Å². The second-order valence-corrected chi connectivity index (χ2v) is 7.31. The summed E-state index contributed by atoms with van der Waals surface area (Å²) < 4.78 is 0. The van der Waals surface area contributed by atoms with Crippen LogP contribution in [0.5, 0.6) is 0 Å². The van der Waals surface area contributed by atoms with Gasteiger partial charge in [-0.05, 0) is 75.3 Å². The Kier molecular flexibility index (Phi) is 7.11. The average Bonchev–Trinajstić information content (AvgIpc) is 2.62. The SMILES string of the molecule is C=C(C)[C@H]1CC=C(C)C(=NNC(=O)CCC(=O)Nc2ccc(C)c(C)c2)C1. The largest absolute Gasteiger partial charge is 0.326 e. The summed E-state index contributed by atoms with van der Waals surface area (Å²) in [4.78, 5) is 24.1. The highest BCUT2D eigenvalue weighted by Gasteiger charge is 2.18. The fourth-order valence-corrected chi connectivity index (χ4v) is 2.88. The van der Waals surface area contributed by atoms with E-state index < -0.39 is 0 Å². The molecule has 0 aliphatic heterocycles. The number of hydrogen-bond acceptors (Lipinski definition) is 3. The molecule has 27 heavy (non-hydrogen) atoms. The third-order valence-electron chi connectivity index (χ3n) is 4.99. The van der Waals surface area contributed by atoms with Crippen LogP contribution in [0.15, 0.2) is 47.1 Å². The smallest absolute Gasteiger partial charge is 0.240 e. The van der Waals surface area contributed by atoms with Gasteiger partial charge in [-0.1, -0.05) is 24.3 Å². The summed E-state index contributed by atoms with van der Waals surface area (Å²) in [7, 11) is 0. The van der Waals surface area contributed by atoms with Crippen molar-refractivity contribution >= 4 is 23.2 Å². The van der Waals surface area contributed by atoms with E-state index in [0.717, 1.165) is 41.0 Å². The van der Waals surface area contributed by atoms with Gasteiger partial charge in [0.05, 0.1) is 5.71 Å². The van der Waals surface area contributed by atoms with E-state index in [1.165, 1.54) is 5.56 Å². The molecule has 0 unspecified atom stereocenters. The summed E-state index contributed by atoms with van der Waals surface area (Å²) in [5.41, 5.74) is 8.70. The highest BCUT2D eigenvalue weighted by Crippen LogP contribution is 2.26. The summed E-state index contributed by atoms with van der Waals surface area (Å²) in [5.74, 6) is -0.0757. The highest BCUT2D eigenvalue weighted by atomic mass is 16.2. The van der Waals surface area contributed by atoms with Gasteiger partial charge in [0, 0.05) is 18.5 Å². The Morgan fingerprint density at radius 1 is 1.15 bits per heavy atom. The Labute approximate surface area is 161 Å². The van der Waals surface area contributed by atoms with E-state index in [-0.39, 0.29) is 24.7 Å². The van der Waals surface area contributed by atoms with Crippen molar-refractivity contribution in [3.63, 3.8) is 0 Å². The number of carbonyl (C=O) groups is 2. The van der Waals surface area contributed by atoms with Crippen molar-refractivity contribution in [2.24, 2.45) is 11.0 Å². The van der Waals surface area contributed by atoms with Crippen molar-refractivity contribution in [2.45, 2.75) is 53.4 Å². The Morgan fingerprint density at radius 2 is 1.85 bits per heavy atom. The zero-order valence-corrected chi connectivity index (χ0v) is 16.7. The fourth-order valence-electron chi connectivity index (χ4n) is 2.88. The number of hydrogen-bond donors (Lipinski definition) is 2.